The lowest BCUT2D eigenvalue weighted by atomic mass is 10.1. The molecule has 0 bridgehead atoms. The SMILES string of the molecule is COc1ccc(C2SCCN2S(=O)(=O)c2cc([N+](=O)[O-])c(C)c([N+](=O)[O-])c2)cc1OC. The van der Waals surface area contributed by atoms with Crippen molar-refractivity contribution in [3.05, 3.63) is 61.7 Å². The molecule has 0 radical (unpaired) electrons. The molecular formula is C18H19N3O8S2. The van der Waals surface area contributed by atoms with Crippen LogP contribution in [0.25, 0.3) is 0 Å². The van der Waals surface area contributed by atoms with E-state index in [0.717, 1.165) is 12.1 Å². The highest BCUT2D eigenvalue weighted by Crippen LogP contribution is 2.44. The molecule has 1 fully saturated rings. The van der Waals surface area contributed by atoms with Gasteiger partial charge in [0.05, 0.1) is 34.3 Å². The van der Waals surface area contributed by atoms with Crippen LogP contribution in [0.3, 0.4) is 0 Å². The van der Waals surface area contributed by atoms with Gasteiger partial charge in [-0.15, -0.1) is 11.8 Å². The lowest BCUT2D eigenvalue weighted by molar-refractivity contribution is -0.395. The number of rotatable bonds is 7. The van der Waals surface area contributed by atoms with E-state index in [2.05, 4.69) is 0 Å². The van der Waals surface area contributed by atoms with E-state index in [1.54, 1.807) is 18.2 Å². The minimum Gasteiger partial charge on any atom is -0.493 e. The maximum Gasteiger partial charge on any atom is 0.280 e. The highest BCUT2D eigenvalue weighted by molar-refractivity contribution is 8.01. The standard InChI is InChI=1S/C18H19N3O8S2/c1-11-14(20(22)23)9-13(10-15(11)21(24)25)31(26,27)19-6-7-30-18(19)12-4-5-16(28-2)17(8-12)29-3/h4-5,8-10,18H,6-7H2,1-3H3. The van der Waals surface area contributed by atoms with Gasteiger partial charge in [0, 0.05) is 24.4 Å². The summed E-state index contributed by atoms with van der Waals surface area (Å²) in [7, 11) is -1.33. The Morgan fingerprint density at radius 1 is 1.03 bits per heavy atom. The van der Waals surface area contributed by atoms with Gasteiger partial charge >= 0.3 is 0 Å². The molecule has 0 amide bonds. The van der Waals surface area contributed by atoms with Crippen LogP contribution in [0.5, 0.6) is 11.5 Å². The molecule has 1 atom stereocenters. The molecular weight excluding hydrogens is 450 g/mol. The molecule has 0 spiro atoms. The van der Waals surface area contributed by atoms with Gasteiger partial charge in [0.25, 0.3) is 11.4 Å². The second kappa shape index (κ2) is 8.69. The van der Waals surface area contributed by atoms with Crippen molar-refractivity contribution in [1.29, 1.82) is 0 Å². The van der Waals surface area contributed by atoms with Crippen LogP contribution >= 0.6 is 11.8 Å². The van der Waals surface area contributed by atoms with Crippen molar-refractivity contribution < 1.29 is 27.7 Å². The first-order chi connectivity index (χ1) is 14.6. The van der Waals surface area contributed by atoms with Crippen molar-refractivity contribution >= 4 is 33.2 Å². The van der Waals surface area contributed by atoms with Crippen molar-refractivity contribution in [2.24, 2.45) is 0 Å². The molecule has 13 heteroatoms. The fourth-order valence-electron chi connectivity index (χ4n) is 3.29. The van der Waals surface area contributed by atoms with Gasteiger partial charge in [-0.2, -0.15) is 4.31 Å². The second-order valence-corrected chi connectivity index (χ2v) is 9.63. The quantitative estimate of drug-likeness (QED) is 0.441. The summed E-state index contributed by atoms with van der Waals surface area (Å²) in [6.45, 7) is 1.35. The number of methoxy groups -OCH3 is 2. The molecule has 1 aliphatic rings. The first-order valence-corrected chi connectivity index (χ1v) is 11.4. The molecule has 1 unspecified atom stereocenters. The fraction of sp³-hybridized carbons (Fsp3) is 0.333. The number of nitro groups is 2. The Morgan fingerprint density at radius 3 is 2.13 bits per heavy atom. The molecule has 1 aliphatic heterocycles. The van der Waals surface area contributed by atoms with E-state index >= 15 is 0 Å². The highest BCUT2D eigenvalue weighted by Gasteiger charge is 2.39. The van der Waals surface area contributed by atoms with Crippen molar-refractivity contribution in [1.82, 2.24) is 4.31 Å². The molecule has 0 N–H and O–H groups in total. The monoisotopic (exact) mass is 469 g/mol. The zero-order chi connectivity index (χ0) is 22.9. The highest BCUT2D eigenvalue weighted by atomic mass is 32.2. The van der Waals surface area contributed by atoms with Crippen LogP contribution in [-0.2, 0) is 10.0 Å². The van der Waals surface area contributed by atoms with Crippen LogP contribution in [0.4, 0.5) is 11.4 Å². The molecule has 0 aliphatic carbocycles. The van der Waals surface area contributed by atoms with E-state index in [-0.39, 0.29) is 12.1 Å². The Bertz CT molecular complexity index is 1120. The number of hydrogen-bond donors (Lipinski definition) is 0. The summed E-state index contributed by atoms with van der Waals surface area (Å²) in [4.78, 5) is 20.6. The van der Waals surface area contributed by atoms with Crippen LogP contribution < -0.4 is 9.47 Å². The van der Waals surface area contributed by atoms with Gasteiger partial charge in [-0.3, -0.25) is 20.2 Å². The first kappa shape index (κ1) is 22.8. The van der Waals surface area contributed by atoms with Crippen LogP contribution in [-0.4, -0.2) is 49.1 Å². The summed E-state index contributed by atoms with van der Waals surface area (Å²) >= 11 is 1.36. The summed E-state index contributed by atoms with van der Waals surface area (Å²) in [6, 6.07) is 6.75. The lowest BCUT2D eigenvalue weighted by Crippen LogP contribution is -2.30. The van der Waals surface area contributed by atoms with Crippen molar-refractivity contribution in [2.45, 2.75) is 17.2 Å². The lowest BCUT2D eigenvalue weighted by Gasteiger charge is -2.24. The Morgan fingerprint density at radius 2 is 1.61 bits per heavy atom. The Balaban J connectivity index is 2.09. The number of ether oxygens (including phenoxy) is 2. The largest absolute Gasteiger partial charge is 0.493 e. The molecule has 1 heterocycles. The Labute approximate surface area is 182 Å². The van der Waals surface area contributed by atoms with E-state index in [1.807, 2.05) is 0 Å². The summed E-state index contributed by atoms with van der Waals surface area (Å²) in [6.07, 6.45) is 0. The Hall–Kier alpha value is -2.90. The predicted octanol–water partition coefficient (Wildman–Crippen LogP) is 3.26. The minimum atomic E-state index is -4.27. The molecule has 31 heavy (non-hydrogen) atoms. The van der Waals surface area contributed by atoms with Crippen LogP contribution in [0, 0.1) is 27.2 Å². The number of nitrogens with zero attached hydrogens (tertiary/aromatic N) is 3. The van der Waals surface area contributed by atoms with Gasteiger partial charge in [0.15, 0.2) is 11.5 Å². The predicted molar refractivity (Wildman–Crippen MR) is 113 cm³/mol. The third-order valence-corrected chi connectivity index (χ3v) is 8.10. The maximum atomic E-state index is 13.4. The number of hydrogen-bond acceptors (Lipinski definition) is 9. The van der Waals surface area contributed by atoms with E-state index < -0.39 is 41.5 Å². The van der Waals surface area contributed by atoms with E-state index in [4.69, 9.17) is 9.47 Å². The second-order valence-electron chi connectivity index (χ2n) is 6.55. The number of sulfonamides is 1. The molecule has 11 nitrogen and oxygen atoms in total. The maximum absolute atomic E-state index is 13.4. The van der Waals surface area contributed by atoms with Gasteiger partial charge in [0.2, 0.25) is 10.0 Å². The Kier molecular flexibility index (Phi) is 6.38. The van der Waals surface area contributed by atoms with E-state index in [9.17, 15) is 28.6 Å². The van der Waals surface area contributed by atoms with E-state index in [0.29, 0.717) is 22.8 Å². The van der Waals surface area contributed by atoms with Gasteiger partial charge in [0.1, 0.15) is 5.56 Å². The zero-order valence-electron chi connectivity index (χ0n) is 16.8. The zero-order valence-corrected chi connectivity index (χ0v) is 18.4. The fourth-order valence-corrected chi connectivity index (χ4v) is 6.56. The summed E-state index contributed by atoms with van der Waals surface area (Å²) in [5.74, 6) is 1.38. The summed E-state index contributed by atoms with van der Waals surface area (Å²) in [5, 5.41) is 22.1. The van der Waals surface area contributed by atoms with Gasteiger partial charge in [-0.05, 0) is 24.6 Å². The third kappa shape index (κ3) is 4.16. The summed E-state index contributed by atoms with van der Waals surface area (Å²) in [5.41, 5.74) is -0.828. The molecule has 3 rings (SSSR count). The van der Waals surface area contributed by atoms with Crippen molar-refractivity contribution in [3.63, 3.8) is 0 Å². The smallest absolute Gasteiger partial charge is 0.280 e. The molecule has 2 aromatic rings. The van der Waals surface area contributed by atoms with Crippen molar-refractivity contribution in [3.8, 4) is 11.5 Å². The topological polar surface area (TPSA) is 142 Å². The van der Waals surface area contributed by atoms with Crippen molar-refractivity contribution in [2.75, 3.05) is 26.5 Å². The molecule has 0 aromatic heterocycles. The number of benzene rings is 2. The molecule has 2 aromatic carbocycles. The summed E-state index contributed by atoms with van der Waals surface area (Å²) < 4.78 is 38.4. The van der Waals surface area contributed by atoms with Gasteiger partial charge in [-0.25, -0.2) is 8.42 Å². The van der Waals surface area contributed by atoms with E-state index in [1.165, 1.54) is 37.2 Å². The van der Waals surface area contributed by atoms with Crippen LogP contribution in [0.15, 0.2) is 35.2 Å². The average molecular weight is 469 g/mol. The minimum absolute atomic E-state index is 0.140. The molecule has 0 saturated carbocycles. The number of nitro benzene ring substituents is 2. The molecule has 1 saturated heterocycles. The number of thioether (sulfide) groups is 1. The van der Waals surface area contributed by atoms with Gasteiger partial charge in [-0.1, -0.05) is 6.07 Å². The van der Waals surface area contributed by atoms with Crippen LogP contribution in [0.1, 0.15) is 16.5 Å². The first-order valence-electron chi connectivity index (χ1n) is 8.90. The average Bonchev–Trinajstić information content (AvgIpc) is 3.23. The third-order valence-electron chi connectivity index (χ3n) is 4.87. The molecule has 166 valence electrons. The van der Waals surface area contributed by atoms with Crippen LogP contribution in [0.2, 0.25) is 0 Å². The normalized spacial score (nSPS) is 16.8. The van der Waals surface area contributed by atoms with Gasteiger partial charge < -0.3 is 9.47 Å².